The van der Waals surface area contributed by atoms with E-state index in [0.29, 0.717) is 6.54 Å². The molecule has 4 heteroatoms. The molecule has 22 heavy (non-hydrogen) atoms. The summed E-state index contributed by atoms with van der Waals surface area (Å²) in [5, 5.41) is 0. The van der Waals surface area contributed by atoms with Crippen molar-refractivity contribution in [2.24, 2.45) is 0 Å². The van der Waals surface area contributed by atoms with Crippen LogP contribution in [0.1, 0.15) is 50.8 Å². The van der Waals surface area contributed by atoms with Gasteiger partial charge in [-0.3, -0.25) is 9.59 Å². The van der Waals surface area contributed by atoms with Crippen LogP contribution in [-0.2, 0) is 12.0 Å². The van der Waals surface area contributed by atoms with Crippen LogP contribution in [0.25, 0.3) is 0 Å². The molecule has 0 bridgehead atoms. The predicted octanol–water partition coefficient (Wildman–Crippen LogP) is 2.69. The molecular formula is C18H22N2O2. The molecule has 1 aliphatic rings. The Labute approximate surface area is 130 Å². The van der Waals surface area contributed by atoms with E-state index in [2.05, 4.69) is 32.9 Å². The fraction of sp³-hybridized carbons (Fsp3) is 0.444. The lowest BCUT2D eigenvalue weighted by Gasteiger charge is -2.19. The van der Waals surface area contributed by atoms with Crippen molar-refractivity contribution in [2.75, 3.05) is 0 Å². The number of hydrogen-bond acceptors (Lipinski definition) is 2. The van der Waals surface area contributed by atoms with Gasteiger partial charge in [0.15, 0.2) is 0 Å². The van der Waals surface area contributed by atoms with Crippen LogP contribution in [0.5, 0.6) is 0 Å². The third kappa shape index (κ3) is 2.91. The Kier molecular flexibility index (Phi) is 3.55. The number of rotatable bonds is 3. The second-order valence-corrected chi connectivity index (χ2v) is 7.12. The van der Waals surface area contributed by atoms with Crippen LogP contribution < -0.4 is 11.1 Å². The molecule has 1 fully saturated rings. The van der Waals surface area contributed by atoms with E-state index in [1.807, 2.05) is 12.1 Å². The van der Waals surface area contributed by atoms with E-state index in [4.69, 9.17) is 0 Å². The minimum atomic E-state index is -0.436. The Bertz CT molecular complexity index is 788. The molecule has 1 saturated carbocycles. The van der Waals surface area contributed by atoms with Crippen LogP contribution in [0.15, 0.2) is 46.2 Å². The first kappa shape index (κ1) is 14.8. The van der Waals surface area contributed by atoms with Crippen LogP contribution >= 0.6 is 0 Å². The highest BCUT2D eigenvalue weighted by molar-refractivity contribution is 5.27. The standard InChI is InChI=1S/C18H22N2O2/c1-18(2,3)14-6-4-13(5-7-14)12-19-10-11-20(15-8-9-15)17(22)16(19)21/h4-7,10-11,15H,8-9,12H2,1-3H3. The molecule has 0 atom stereocenters. The maximum atomic E-state index is 12.2. The van der Waals surface area contributed by atoms with Gasteiger partial charge in [0.25, 0.3) is 0 Å². The van der Waals surface area contributed by atoms with Crippen molar-refractivity contribution in [2.45, 2.75) is 51.6 Å². The van der Waals surface area contributed by atoms with Crippen LogP contribution in [0.3, 0.4) is 0 Å². The van der Waals surface area contributed by atoms with Gasteiger partial charge in [-0.05, 0) is 29.4 Å². The fourth-order valence-corrected chi connectivity index (χ4v) is 2.59. The van der Waals surface area contributed by atoms with Crippen molar-refractivity contribution in [3.8, 4) is 0 Å². The van der Waals surface area contributed by atoms with Crippen molar-refractivity contribution >= 4 is 0 Å². The Morgan fingerprint density at radius 1 is 1.00 bits per heavy atom. The topological polar surface area (TPSA) is 44.0 Å². The Morgan fingerprint density at radius 3 is 2.18 bits per heavy atom. The first-order chi connectivity index (χ1) is 10.4. The van der Waals surface area contributed by atoms with Gasteiger partial charge < -0.3 is 9.13 Å². The quantitative estimate of drug-likeness (QED) is 0.818. The monoisotopic (exact) mass is 298 g/mol. The molecule has 0 aliphatic heterocycles. The summed E-state index contributed by atoms with van der Waals surface area (Å²) in [7, 11) is 0. The summed E-state index contributed by atoms with van der Waals surface area (Å²) in [6, 6.07) is 8.47. The van der Waals surface area contributed by atoms with Crippen molar-refractivity contribution in [3.63, 3.8) is 0 Å². The highest BCUT2D eigenvalue weighted by atomic mass is 16.2. The van der Waals surface area contributed by atoms with E-state index >= 15 is 0 Å². The third-order valence-corrected chi connectivity index (χ3v) is 4.20. The van der Waals surface area contributed by atoms with Crippen LogP contribution in [0.4, 0.5) is 0 Å². The number of aromatic nitrogens is 2. The van der Waals surface area contributed by atoms with Gasteiger partial charge in [-0.2, -0.15) is 0 Å². The van der Waals surface area contributed by atoms with Crippen LogP contribution in [0, 0.1) is 0 Å². The van der Waals surface area contributed by atoms with Gasteiger partial charge in [-0.1, -0.05) is 45.0 Å². The largest absolute Gasteiger partial charge is 0.316 e. The number of hydrogen-bond donors (Lipinski definition) is 0. The first-order valence-electron chi connectivity index (χ1n) is 7.77. The molecule has 0 amide bonds. The lowest BCUT2D eigenvalue weighted by atomic mass is 9.87. The summed E-state index contributed by atoms with van der Waals surface area (Å²) < 4.78 is 3.06. The maximum absolute atomic E-state index is 12.2. The van der Waals surface area contributed by atoms with Gasteiger partial charge in [0.2, 0.25) is 0 Å². The molecule has 0 saturated heterocycles. The predicted molar refractivity (Wildman–Crippen MR) is 87.5 cm³/mol. The second-order valence-electron chi connectivity index (χ2n) is 7.12. The van der Waals surface area contributed by atoms with E-state index in [0.717, 1.165) is 18.4 Å². The molecule has 0 spiro atoms. The Morgan fingerprint density at radius 2 is 1.64 bits per heavy atom. The highest BCUT2D eigenvalue weighted by Crippen LogP contribution is 2.32. The molecule has 4 nitrogen and oxygen atoms in total. The number of benzene rings is 1. The smallest absolute Gasteiger partial charge is 0.306 e. The van der Waals surface area contributed by atoms with Crippen molar-refractivity contribution in [3.05, 3.63) is 68.5 Å². The maximum Gasteiger partial charge on any atom is 0.316 e. The summed E-state index contributed by atoms with van der Waals surface area (Å²) in [5.74, 6) is 0. The van der Waals surface area contributed by atoms with E-state index < -0.39 is 11.1 Å². The van der Waals surface area contributed by atoms with Crippen molar-refractivity contribution in [1.29, 1.82) is 0 Å². The zero-order chi connectivity index (χ0) is 15.9. The molecule has 116 valence electrons. The van der Waals surface area contributed by atoms with Gasteiger partial charge in [-0.25, -0.2) is 0 Å². The van der Waals surface area contributed by atoms with Gasteiger partial charge in [0.05, 0.1) is 6.54 Å². The normalized spacial score (nSPS) is 15.0. The molecule has 0 N–H and O–H groups in total. The van der Waals surface area contributed by atoms with Gasteiger partial charge >= 0.3 is 11.1 Å². The van der Waals surface area contributed by atoms with Gasteiger partial charge in [-0.15, -0.1) is 0 Å². The summed E-state index contributed by atoms with van der Waals surface area (Å²) in [4.78, 5) is 24.3. The molecular weight excluding hydrogens is 276 g/mol. The van der Waals surface area contributed by atoms with Crippen molar-refractivity contribution < 1.29 is 0 Å². The summed E-state index contributed by atoms with van der Waals surface area (Å²) in [6.07, 6.45) is 5.46. The lowest BCUT2D eigenvalue weighted by molar-refractivity contribution is 0.589. The van der Waals surface area contributed by atoms with Crippen LogP contribution in [-0.4, -0.2) is 9.13 Å². The molecule has 1 aliphatic carbocycles. The molecule has 3 rings (SSSR count). The molecule has 2 aromatic rings. The lowest BCUT2D eigenvalue weighted by Crippen LogP contribution is -2.40. The molecule has 0 radical (unpaired) electrons. The number of nitrogens with zero attached hydrogens (tertiary/aromatic N) is 2. The first-order valence-corrected chi connectivity index (χ1v) is 7.77. The summed E-state index contributed by atoms with van der Waals surface area (Å²) >= 11 is 0. The SMILES string of the molecule is CC(C)(C)c1ccc(Cn2ccn(C3CC3)c(=O)c2=O)cc1. The third-order valence-electron chi connectivity index (χ3n) is 4.20. The second kappa shape index (κ2) is 5.27. The van der Waals surface area contributed by atoms with E-state index in [-0.39, 0.29) is 11.5 Å². The van der Waals surface area contributed by atoms with Crippen molar-refractivity contribution in [1.82, 2.24) is 9.13 Å². The summed E-state index contributed by atoms with van der Waals surface area (Å²) in [6.45, 7) is 6.95. The Balaban J connectivity index is 1.86. The Hall–Kier alpha value is -2.10. The molecule has 1 heterocycles. The van der Waals surface area contributed by atoms with E-state index in [9.17, 15) is 9.59 Å². The molecule has 0 unspecified atom stereocenters. The van der Waals surface area contributed by atoms with Gasteiger partial charge in [0.1, 0.15) is 0 Å². The average Bonchev–Trinajstić information content (AvgIpc) is 3.28. The molecule has 1 aromatic heterocycles. The highest BCUT2D eigenvalue weighted by Gasteiger charge is 2.25. The van der Waals surface area contributed by atoms with Crippen LogP contribution in [0.2, 0.25) is 0 Å². The molecule has 1 aromatic carbocycles. The summed E-state index contributed by atoms with van der Waals surface area (Å²) in [5.41, 5.74) is 1.55. The van der Waals surface area contributed by atoms with Gasteiger partial charge in [0, 0.05) is 18.4 Å². The van der Waals surface area contributed by atoms with E-state index in [1.165, 1.54) is 10.1 Å². The zero-order valence-electron chi connectivity index (χ0n) is 13.4. The minimum Gasteiger partial charge on any atom is -0.306 e. The fourth-order valence-electron chi connectivity index (χ4n) is 2.59. The zero-order valence-corrected chi connectivity index (χ0v) is 13.4. The average molecular weight is 298 g/mol. The minimum absolute atomic E-state index is 0.111. The van der Waals surface area contributed by atoms with E-state index in [1.54, 1.807) is 17.0 Å².